The Bertz CT molecular complexity index is 1470. The molecule has 0 aliphatic rings. The minimum Gasteiger partial charge on any atom is -0.545 e. The average molecular weight is 1130 g/mol. The third kappa shape index (κ3) is 40.2. The Labute approximate surface area is 475 Å². The van der Waals surface area contributed by atoms with Crippen LogP contribution in [-0.4, -0.2) is 74.2 Å². The number of carboxylic acid groups (broad SMARTS) is 2. The van der Waals surface area contributed by atoms with E-state index in [2.05, 4.69) is 55.4 Å². The predicted octanol–water partition coefficient (Wildman–Crippen LogP) is 20.0. The molecule has 0 radical (unpaired) electrons. The fraction of sp³-hybridized carbons (Fsp3) is 0.879. The molecule has 0 aliphatic heterocycles. The largest absolute Gasteiger partial charge is 0.545 e. The molecule has 76 heavy (non-hydrogen) atoms. The monoisotopic (exact) mass is 1130 g/mol. The highest BCUT2D eigenvalue weighted by Gasteiger charge is 2.35. The van der Waals surface area contributed by atoms with Crippen molar-refractivity contribution < 1.29 is 32.8 Å². The molecule has 0 unspecified atom stereocenters. The van der Waals surface area contributed by atoms with E-state index in [1.807, 2.05) is 0 Å². The number of carbonyl (C=O) groups is 2. The van der Waals surface area contributed by atoms with Gasteiger partial charge in [0.25, 0.3) is 10.1 Å². The number of benzene rings is 1. The van der Waals surface area contributed by atoms with Crippen LogP contribution in [0.1, 0.15) is 344 Å². The molecule has 0 aromatic heterocycles. The van der Waals surface area contributed by atoms with Crippen molar-refractivity contribution in [1.82, 2.24) is 0 Å². The maximum Gasteiger partial charge on any atom is 0.295 e. The third-order valence-electron chi connectivity index (χ3n) is 16.4. The van der Waals surface area contributed by atoms with Crippen LogP contribution >= 0.6 is 14.5 Å². The summed E-state index contributed by atoms with van der Waals surface area (Å²) < 4.78 is 31.3. The quantitative estimate of drug-likeness (QED) is 0.0390. The molecule has 1 aromatic rings. The van der Waals surface area contributed by atoms with E-state index in [9.17, 15) is 28.2 Å². The van der Waals surface area contributed by atoms with Crippen LogP contribution in [-0.2, 0) is 10.1 Å². The van der Waals surface area contributed by atoms with E-state index in [-0.39, 0.29) is 11.1 Å². The lowest BCUT2D eigenvalue weighted by molar-refractivity contribution is -0.255. The van der Waals surface area contributed by atoms with Crippen molar-refractivity contribution in [3.05, 3.63) is 28.3 Å². The summed E-state index contributed by atoms with van der Waals surface area (Å²) in [4.78, 5) is 20.8. The van der Waals surface area contributed by atoms with E-state index >= 15 is 0 Å². The van der Waals surface area contributed by atoms with E-state index in [4.69, 9.17) is 4.55 Å². The van der Waals surface area contributed by atoms with Gasteiger partial charge in [-0.1, -0.05) is 248 Å². The van der Waals surface area contributed by atoms with Gasteiger partial charge in [0.15, 0.2) is 0 Å². The van der Waals surface area contributed by atoms with Gasteiger partial charge in [0.1, 0.15) is 4.90 Å². The predicted molar refractivity (Wildman–Crippen MR) is 337 cm³/mol. The SMILES string of the molecule is CCCCCCCCCCCCCCCC[P+](CCCC)(CCCC)CCCC.CCCCCCCCCCCCCCCC[P+](CCCC)(CCCC)CCCC.Cc1c(C(=O)[O-])cc(C(=O)[O-])c(C)c1S(=O)(=O)O. The Morgan fingerprint density at radius 2 is 0.513 bits per heavy atom. The molecule has 0 heterocycles. The maximum absolute atomic E-state index is 11.2. The second-order valence-electron chi connectivity index (χ2n) is 23.4. The van der Waals surface area contributed by atoms with Crippen LogP contribution in [0.15, 0.2) is 11.0 Å². The summed E-state index contributed by atoms with van der Waals surface area (Å²) in [6, 6.07) is 0.740. The summed E-state index contributed by atoms with van der Waals surface area (Å²) in [7, 11) is -6.02. The van der Waals surface area contributed by atoms with Crippen molar-refractivity contribution in [2.75, 3.05) is 49.3 Å². The first-order valence-corrected chi connectivity index (χ1v) is 39.3. The molecule has 10 heteroatoms. The smallest absolute Gasteiger partial charge is 0.295 e. The van der Waals surface area contributed by atoms with Crippen molar-refractivity contribution in [3.63, 3.8) is 0 Å². The molecule has 0 saturated carbocycles. The second kappa shape index (κ2) is 52.0. The molecule has 7 nitrogen and oxygen atoms in total. The molecule has 0 bridgehead atoms. The fourth-order valence-corrected chi connectivity index (χ4v) is 22.7. The second-order valence-corrected chi connectivity index (χ2v) is 33.7. The zero-order chi connectivity index (χ0) is 57.2. The van der Waals surface area contributed by atoms with Gasteiger partial charge in [-0.3, -0.25) is 4.55 Å². The topological polar surface area (TPSA) is 135 Å². The number of carbonyl (C=O) groups excluding carboxylic acids is 2. The summed E-state index contributed by atoms with van der Waals surface area (Å²) in [5, 5.41) is 21.6. The van der Waals surface area contributed by atoms with Gasteiger partial charge in [0.05, 0.1) is 61.2 Å². The van der Waals surface area contributed by atoms with Gasteiger partial charge >= 0.3 is 0 Å². The Hall–Kier alpha value is -1.07. The first-order chi connectivity index (χ1) is 36.6. The van der Waals surface area contributed by atoms with Crippen LogP contribution in [0.3, 0.4) is 0 Å². The molecule has 0 spiro atoms. The summed E-state index contributed by atoms with van der Waals surface area (Å²) in [5.74, 6) is -3.50. The normalized spacial score (nSPS) is 11.8. The number of carboxylic acids is 2. The van der Waals surface area contributed by atoms with Gasteiger partial charge in [0.2, 0.25) is 0 Å². The molecule has 0 atom stereocenters. The van der Waals surface area contributed by atoms with E-state index in [1.165, 1.54) is 244 Å². The van der Waals surface area contributed by atoms with E-state index < -0.39 is 52.6 Å². The van der Waals surface area contributed by atoms with Crippen LogP contribution in [0.4, 0.5) is 0 Å². The summed E-state index contributed by atoms with van der Waals surface area (Å²) in [6.07, 6.45) is 71.9. The number of hydrogen-bond acceptors (Lipinski definition) is 6. The molecule has 0 fully saturated rings. The van der Waals surface area contributed by atoms with Crippen molar-refractivity contribution >= 4 is 36.6 Å². The van der Waals surface area contributed by atoms with Crippen molar-refractivity contribution in [2.45, 2.75) is 331 Å². The lowest BCUT2D eigenvalue weighted by Gasteiger charge is -2.28. The maximum atomic E-state index is 11.2. The number of aromatic carboxylic acids is 2. The molecule has 0 amide bonds. The molecule has 450 valence electrons. The Balaban J connectivity index is 0. The van der Waals surface area contributed by atoms with Crippen molar-refractivity contribution in [2.24, 2.45) is 0 Å². The highest BCUT2D eigenvalue weighted by molar-refractivity contribution is 7.86. The molecule has 0 aliphatic carbocycles. The summed E-state index contributed by atoms with van der Waals surface area (Å²) in [5.41, 5.74) is -1.85. The van der Waals surface area contributed by atoms with E-state index in [1.54, 1.807) is 62.1 Å². The van der Waals surface area contributed by atoms with E-state index in [0.29, 0.717) is 0 Å². The molecular formula is C66H128O7P2S. The number of unbranched alkanes of at least 4 members (excludes halogenated alkanes) is 32. The average Bonchev–Trinajstić information content (AvgIpc) is 3.39. The summed E-state index contributed by atoms with van der Waals surface area (Å²) >= 11 is 0. The Kier molecular flexibility index (Phi) is 52.7. The standard InChI is InChI=1S/2C28H60P.C10H10O7S/c2*1-5-9-13-14-15-16-17-18-19-20-21-22-23-24-28-29(25-10-6-2,26-11-7-3)27-12-8-4;1-4-6(9(11)12)3-7(10(13)14)5(2)8(4)18(15,16)17/h2*5-28H2,1-4H3;3H,1-2H3,(H,11,12)(H,13,14)(H,15,16,17)/q2*+1;/p-2. The Morgan fingerprint density at radius 1 is 0.342 bits per heavy atom. The van der Waals surface area contributed by atoms with E-state index in [0.717, 1.165) is 19.9 Å². The fourth-order valence-electron chi connectivity index (χ4n) is 11.3. The zero-order valence-corrected chi connectivity index (χ0v) is 54.8. The molecule has 1 rings (SSSR count). The van der Waals surface area contributed by atoms with Gasteiger partial charge < -0.3 is 19.8 Å². The first kappa shape index (κ1) is 77.0. The molecular weight excluding hydrogens is 999 g/mol. The highest BCUT2D eigenvalue weighted by atomic mass is 32.2. The zero-order valence-electron chi connectivity index (χ0n) is 52.2. The first-order valence-electron chi connectivity index (χ1n) is 32.8. The minimum atomic E-state index is -4.76. The van der Waals surface area contributed by atoms with Crippen molar-refractivity contribution in [3.8, 4) is 0 Å². The van der Waals surface area contributed by atoms with Crippen LogP contribution in [0, 0.1) is 13.8 Å². The van der Waals surface area contributed by atoms with Crippen molar-refractivity contribution in [1.29, 1.82) is 0 Å². The lowest BCUT2D eigenvalue weighted by atomic mass is 10.00. The van der Waals surface area contributed by atoms with Gasteiger partial charge in [0, 0.05) is 25.7 Å². The lowest BCUT2D eigenvalue weighted by Crippen LogP contribution is -2.28. The minimum absolute atomic E-state index is 0.292. The molecule has 1 aromatic carbocycles. The van der Waals surface area contributed by atoms with Gasteiger partial charge in [-0.05, 0) is 95.2 Å². The van der Waals surface area contributed by atoms with Crippen LogP contribution in [0.2, 0.25) is 0 Å². The summed E-state index contributed by atoms with van der Waals surface area (Å²) in [6.45, 7) is 21.2. The van der Waals surface area contributed by atoms with Gasteiger partial charge in [-0.25, -0.2) is 0 Å². The van der Waals surface area contributed by atoms with Crippen LogP contribution in [0.25, 0.3) is 0 Å². The van der Waals surface area contributed by atoms with Gasteiger partial charge in [-0.2, -0.15) is 8.42 Å². The van der Waals surface area contributed by atoms with Crippen LogP contribution < -0.4 is 10.2 Å². The Morgan fingerprint density at radius 3 is 0.684 bits per heavy atom. The third-order valence-corrected chi connectivity index (χ3v) is 27.6. The molecule has 1 N–H and O–H groups in total. The van der Waals surface area contributed by atoms with Crippen LogP contribution in [0.5, 0.6) is 0 Å². The van der Waals surface area contributed by atoms with Gasteiger partial charge in [-0.15, -0.1) is 0 Å². The number of rotatable bonds is 51. The number of hydrogen-bond donors (Lipinski definition) is 1. The highest BCUT2D eigenvalue weighted by Crippen LogP contribution is 2.62. The molecule has 0 saturated heterocycles.